The van der Waals surface area contributed by atoms with Gasteiger partial charge in [-0.15, -0.1) is 0 Å². The molecule has 7 nitrogen and oxygen atoms in total. The molecule has 1 aromatic rings. The van der Waals surface area contributed by atoms with Crippen LogP contribution < -0.4 is 16.6 Å². The third-order valence-corrected chi connectivity index (χ3v) is 2.29. The highest BCUT2D eigenvalue weighted by molar-refractivity contribution is 8.13. The molecule has 1 rings (SSSR count). The molecule has 0 aliphatic rings. The summed E-state index contributed by atoms with van der Waals surface area (Å²) in [6.07, 6.45) is 3.43. The van der Waals surface area contributed by atoms with Crippen LogP contribution in [0, 0.1) is 11.5 Å². The minimum atomic E-state index is -0.552. The zero-order valence-corrected chi connectivity index (χ0v) is 9.46. The zero-order valence-electron chi connectivity index (χ0n) is 8.64. The van der Waals surface area contributed by atoms with Crippen LogP contribution in [0.5, 0.6) is 0 Å². The summed E-state index contributed by atoms with van der Waals surface area (Å²) in [6.45, 7) is 0. The molecular formula is C8H9N5O2S. The van der Waals surface area contributed by atoms with Gasteiger partial charge in [0.05, 0.1) is 0 Å². The van der Waals surface area contributed by atoms with E-state index in [1.807, 2.05) is 0 Å². The average Bonchev–Trinajstić information content (AvgIpc) is 2.24. The van der Waals surface area contributed by atoms with Gasteiger partial charge in [-0.05, 0) is 6.26 Å². The minimum absolute atomic E-state index is 0.181. The molecule has 0 saturated carbocycles. The van der Waals surface area contributed by atoms with Crippen LogP contribution >= 0.6 is 11.8 Å². The molecular weight excluding hydrogens is 230 g/mol. The highest BCUT2D eigenvalue weighted by Gasteiger charge is 2.02. The first-order valence-electron chi connectivity index (χ1n) is 4.16. The Morgan fingerprint density at radius 2 is 2.38 bits per heavy atom. The molecule has 0 bridgehead atoms. The summed E-state index contributed by atoms with van der Waals surface area (Å²) < 4.78 is 1.18. The van der Waals surface area contributed by atoms with Gasteiger partial charge in [0.2, 0.25) is 0 Å². The molecule has 2 N–H and O–H groups in total. The van der Waals surface area contributed by atoms with Crippen molar-refractivity contribution in [3.63, 3.8) is 0 Å². The lowest BCUT2D eigenvalue weighted by atomic mass is 10.5. The van der Waals surface area contributed by atoms with Crippen LogP contribution in [0.2, 0.25) is 0 Å². The van der Waals surface area contributed by atoms with Gasteiger partial charge in [-0.3, -0.25) is 19.7 Å². The Morgan fingerprint density at radius 3 is 2.94 bits per heavy atom. The van der Waals surface area contributed by atoms with E-state index in [2.05, 4.69) is 15.3 Å². The van der Waals surface area contributed by atoms with Crippen molar-refractivity contribution in [1.29, 1.82) is 5.26 Å². The van der Waals surface area contributed by atoms with Crippen LogP contribution in [-0.4, -0.2) is 21.0 Å². The molecule has 0 aromatic carbocycles. The van der Waals surface area contributed by atoms with Gasteiger partial charge in [0.25, 0.3) is 5.56 Å². The first-order valence-corrected chi connectivity index (χ1v) is 5.39. The predicted octanol–water partition coefficient (Wildman–Crippen LogP) is -0.505. The Labute approximate surface area is 94.8 Å². The van der Waals surface area contributed by atoms with Gasteiger partial charge in [-0.25, -0.2) is 9.79 Å². The number of hydrogen-bond acceptors (Lipinski definition) is 5. The quantitative estimate of drug-likeness (QED) is 0.297. The van der Waals surface area contributed by atoms with Crippen LogP contribution in [-0.2, 0) is 7.05 Å². The minimum Gasteiger partial charge on any atom is -0.281 e. The van der Waals surface area contributed by atoms with Crippen molar-refractivity contribution < 1.29 is 0 Å². The molecule has 0 radical (unpaired) electrons. The van der Waals surface area contributed by atoms with Crippen molar-refractivity contribution in [2.24, 2.45) is 12.0 Å². The van der Waals surface area contributed by atoms with Crippen molar-refractivity contribution in [2.75, 3.05) is 6.26 Å². The number of nitriles is 1. The van der Waals surface area contributed by atoms with E-state index in [4.69, 9.17) is 5.26 Å². The van der Waals surface area contributed by atoms with Gasteiger partial charge in [0.1, 0.15) is 5.82 Å². The molecule has 8 heteroatoms. The van der Waals surface area contributed by atoms with E-state index in [1.54, 1.807) is 12.4 Å². The summed E-state index contributed by atoms with van der Waals surface area (Å²) in [5, 5.41) is 11.1. The summed E-state index contributed by atoms with van der Waals surface area (Å²) in [4.78, 5) is 28.4. The van der Waals surface area contributed by atoms with Crippen molar-refractivity contribution in [1.82, 2.24) is 14.9 Å². The molecule has 84 valence electrons. The second kappa shape index (κ2) is 5.18. The van der Waals surface area contributed by atoms with Crippen molar-refractivity contribution in [3.8, 4) is 6.19 Å². The Bertz CT molecular complexity index is 565. The molecule has 0 aliphatic carbocycles. The Balaban J connectivity index is 3.29. The normalized spacial score (nSPS) is 10.9. The van der Waals surface area contributed by atoms with Crippen molar-refractivity contribution >= 4 is 22.7 Å². The fraction of sp³-hybridized carbons (Fsp3) is 0.250. The number of nitrogens with one attached hydrogen (secondary N) is 2. The number of thioether (sulfide) groups is 1. The molecule has 16 heavy (non-hydrogen) atoms. The van der Waals surface area contributed by atoms with Crippen LogP contribution in [0.3, 0.4) is 0 Å². The Morgan fingerprint density at radius 1 is 1.69 bits per heavy atom. The molecule has 0 amide bonds. The number of amidine groups is 1. The number of aromatic amines is 1. The van der Waals surface area contributed by atoms with Gasteiger partial charge >= 0.3 is 5.69 Å². The maximum Gasteiger partial charge on any atom is 0.329 e. The van der Waals surface area contributed by atoms with E-state index in [0.717, 1.165) is 0 Å². The lowest BCUT2D eigenvalue weighted by Gasteiger charge is -2.03. The molecule has 0 unspecified atom stereocenters. The van der Waals surface area contributed by atoms with Crippen LogP contribution in [0.1, 0.15) is 0 Å². The molecule has 1 heterocycles. The number of aliphatic imine (C=N–C) groups is 1. The fourth-order valence-corrected chi connectivity index (χ4v) is 1.26. The van der Waals surface area contributed by atoms with E-state index in [0.29, 0.717) is 5.17 Å². The number of aromatic nitrogens is 2. The monoisotopic (exact) mass is 239 g/mol. The standard InChI is InChI=1S/C8H9N5O2S/c1-13-5(3-6(14)12-8(13)15)11-7(16-2)10-4-9/h3H,1-2H3,(H,10,11)(H,12,14,15). The smallest absolute Gasteiger partial charge is 0.281 e. The van der Waals surface area contributed by atoms with Gasteiger partial charge < -0.3 is 0 Å². The summed E-state index contributed by atoms with van der Waals surface area (Å²) >= 11 is 1.20. The summed E-state index contributed by atoms with van der Waals surface area (Å²) in [5.74, 6) is 0.181. The number of H-pyrrole nitrogens is 1. The van der Waals surface area contributed by atoms with E-state index in [9.17, 15) is 9.59 Å². The molecule has 0 aliphatic heterocycles. The summed E-state index contributed by atoms with van der Waals surface area (Å²) in [6, 6.07) is 1.18. The SMILES string of the molecule is CS/C(=N\c1cc(=O)[nH]c(=O)n1C)NC#N. The topological polar surface area (TPSA) is 103 Å². The third kappa shape index (κ3) is 2.74. The Hall–Kier alpha value is -2.01. The fourth-order valence-electron chi connectivity index (χ4n) is 0.927. The van der Waals surface area contributed by atoms with Crippen LogP contribution in [0.15, 0.2) is 20.6 Å². The Kier molecular flexibility index (Phi) is 3.90. The van der Waals surface area contributed by atoms with Gasteiger partial charge in [-0.2, -0.15) is 5.26 Å². The molecule has 0 spiro atoms. The molecule has 0 fully saturated rings. The number of nitrogens with zero attached hydrogens (tertiary/aromatic N) is 3. The molecule has 0 atom stereocenters. The predicted molar refractivity (Wildman–Crippen MR) is 61.7 cm³/mol. The van der Waals surface area contributed by atoms with Crippen molar-refractivity contribution in [3.05, 3.63) is 26.9 Å². The summed E-state index contributed by atoms with van der Waals surface area (Å²) in [5.41, 5.74) is -1.08. The largest absolute Gasteiger partial charge is 0.329 e. The van der Waals surface area contributed by atoms with E-state index in [-0.39, 0.29) is 5.82 Å². The number of hydrogen-bond donors (Lipinski definition) is 2. The average molecular weight is 239 g/mol. The van der Waals surface area contributed by atoms with Gasteiger partial charge in [0, 0.05) is 13.1 Å². The molecule has 1 aromatic heterocycles. The lowest BCUT2D eigenvalue weighted by molar-refractivity contribution is 0.802. The maximum absolute atomic E-state index is 11.2. The second-order valence-electron chi connectivity index (χ2n) is 2.71. The van der Waals surface area contributed by atoms with Gasteiger partial charge in [0.15, 0.2) is 11.4 Å². The lowest BCUT2D eigenvalue weighted by Crippen LogP contribution is -2.27. The van der Waals surface area contributed by atoms with Crippen molar-refractivity contribution in [2.45, 2.75) is 0 Å². The maximum atomic E-state index is 11.2. The van der Waals surface area contributed by atoms with E-state index < -0.39 is 11.2 Å². The van der Waals surface area contributed by atoms with Crippen LogP contribution in [0.4, 0.5) is 5.82 Å². The third-order valence-electron chi connectivity index (χ3n) is 1.71. The first-order chi connectivity index (χ1) is 7.58. The first kappa shape index (κ1) is 12.1. The van der Waals surface area contributed by atoms with E-state index >= 15 is 0 Å². The second-order valence-corrected chi connectivity index (χ2v) is 3.51. The van der Waals surface area contributed by atoms with E-state index in [1.165, 1.54) is 29.4 Å². The summed E-state index contributed by atoms with van der Waals surface area (Å²) in [7, 11) is 1.47. The zero-order chi connectivity index (χ0) is 12.1. The highest BCUT2D eigenvalue weighted by atomic mass is 32.2. The van der Waals surface area contributed by atoms with Crippen LogP contribution in [0.25, 0.3) is 0 Å². The number of rotatable bonds is 1. The van der Waals surface area contributed by atoms with Gasteiger partial charge in [-0.1, -0.05) is 11.8 Å². The highest BCUT2D eigenvalue weighted by Crippen LogP contribution is 2.07. The molecule has 0 saturated heterocycles.